The summed E-state index contributed by atoms with van der Waals surface area (Å²) >= 11 is 5.89. The fourth-order valence-corrected chi connectivity index (χ4v) is 4.03. The Morgan fingerprint density at radius 3 is 2.19 bits per heavy atom. The Labute approximate surface area is 193 Å². The predicted octanol–water partition coefficient (Wildman–Crippen LogP) is 4.79. The molecule has 32 heavy (non-hydrogen) atoms. The Balaban J connectivity index is 1.30. The summed E-state index contributed by atoms with van der Waals surface area (Å²) in [5, 5.41) is 3.59. The van der Waals surface area contributed by atoms with Crippen LogP contribution in [0.5, 0.6) is 0 Å². The Morgan fingerprint density at radius 1 is 0.875 bits per heavy atom. The van der Waals surface area contributed by atoms with Gasteiger partial charge in [-0.3, -0.25) is 9.59 Å². The van der Waals surface area contributed by atoms with Crippen LogP contribution in [0.4, 0.5) is 11.4 Å². The number of anilines is 2. The minimum absolute atomic E-state index is 0.0663. The van der Waals surface area contributed by atoms with Crippen LogP contribution in [0.25, 0.3) is 0 Å². The lowest BCUT2D eigenvalue weighted by Gasteiger charge is -2.36. The average Bonchev–Trinajstić information content (AvgIpc) is 2.81. The van der Waals surface area contributed by atoms with Gasteiger partial charge in [-0.05, 0) is 60.5 Å². The van der Waals surface area contributed by atoms with Gasteiger partial charge in [0.1, 0.15) is 0 Å². The summed E-state index contributed by atoms with van der Waals surface area (Å²) in [7, 11) is 0. The summed E-state index contributed by atoms with van der Waals surface area (Å²) in [4.78, 5) is 29.3. The third-order valence-corrected chi connectivity index (χ3v) is 5.99. The number of carbonyl (C=O) groups excluding carboxylic acids is 2. The van der Waals surface area contributed by atoms with Crippen molar-refractivity contribution in [3.8, 4) is 0 Å². The van der Waals surface area contributed by atoms with Gasteiger partial charge >= 0.3 is 0 Å². The molecule has 1 aliphatic rings. The predicted molar refractivity (Wildman–Crippen MR) is 130 cm³/mol. The highest BCUT2D eigenvalue weighted by atomic mass is 35.5. The van der Waals surface area contributed by atoms with Crippen molar-refractivity contribution in [3.63, 3.8) is 0 Å². The first-order chi connectivity index (χ1) is 15.5. The molecule has 4 rings (SSSR count). The molecule has 1 saturated heterocycles. The first kappa shape index (κ1) is 21.9. The van der Waals surface area contributed by atoms with Crippen molar-refractivity contribution in [2.24, 2.45) is 0 Å². The summed E-state index contributed by atoms with van der Waals surface area (Å²) in [5.41, 5.74) is 4.56. The van der Waals surface area contributed by atoms with E-state index in [4.69, 9.17) is 11.6 Å². The summed E-state index contributed by atoms with van der Waals surface area (Å²) in [6, 6.07) is 22.9. The van der Waals surface area contributed by atoms with Gasteiger partial charge in [0, 0.05) is 48.1 Å². The second-order valence-electron chi connectivity index (χ2n) is 7.99. The number of amides is 2. The fraction of sp³-hybridized carbons (Fsp3) is 0.231. The molecular weight excluding hydrogens is 422 g/mol. The molecule has 0 bridgehead atoms. The quantitative estimate of drug-likeness (QED) is 0.611. The second-order valence-corrected chi connectivity index (χ2v) is 8.43. The molecule has 0 spiro atoms. The SMILES string of the molecule is Cc1ccccc1C(=O)N1CCN(c2ccc(NC(=O)Cc3ccc(Cl)cc3)cc2)CC1. The van der Waals surface area contributed by atoms with Crippen LogP contribution in [0.15, 0.2) is 72.8 Å². The molecule has 164 valence electrons. The molecule has 0 radical (unpaired) electrons. The Hall–Kier alpha value is -3.31. The van der Waals surface area contributed by atoms with Crippen LogP contribution in [0.3, 0.4) is 0 Å². The molecule has 0 aliphatic carbocycles. The molecule has 0 atom stereocenters. The van der Waals surface area contributed by atoms with Crippen LogP contribution < -0.4 is 10.2 Å². The maximum atomic E-state index is 12.8. The van der Waals surface area contributed by atoms with E-state index in [2.05, 4.69) is 10.2 Å². The van der Waals surface area contributed by atoms with Crippen molar-refractivity contribution in [3.05, 3.63) is 94.5 Å². The zero-order valence-corrected chi connectivity index (χ0v) is 18.8. The highest BCUT2D eigenvalue weighted by Gasteiger charge is 2.23. The number of rotatable bonds is 5. The number of hydrogen-bond acceptors (Lipinski definition) is 3. The van der Waals surface area contributed by atoms with Gasteiger partial charge in [0.25, 0.3) is 5.91 Å². The van der Waals surface area contributed by atoms with E-state index in [-0.39, 0.29) is 11.8 Å². The Kier molecular flexibility index (Phi) is 6.76. The largest absolute Gasteiger partial charge is 0.368 e. The van der Waals surface area contributed by atoms with Gasteiger partial charge in [-0.1, -0.05) is 41.9 Å². The summed E-state index contributed by atoms with van der Waals surface area (Å²) in [6.45, 7) is 4.90. The van der Waals surface area contributed by atoms with E-state index in [9.17, 15) is 9.59 Å². The molecule has 3 aromatic rings. The number of benzene rings is 3. The Morgan fingerprint density at radius 2 is 1.53 bits per heavy atom. The van der Waals surface area contributed by atoms with Gasteiger partial charge in [-0.2, -0.15) is 0 Å². The second kappa shape index (κ2) is 9.88. The van der Waals surface area contributed by atoms with Gasteiger partial charge in [-0.15, -0.1) is 0 Å². The third-order valence-electron chi connectivity index (χ3n) is 5.74. The monoisotopic (exact) mass is 447 g/mol. The normalized spacial score (nSPS) is 13.7. The number of halogens is 1. The number of carbonyl (C=O) groups is 2. The summed E-state index contributed by atoms with van der Waals surface area (Å²) in [5.74, 6) is 0.0323. The standard InChI is InChI=1S/C26H26ClN3O2/c1-19-4-2-3-5-24(19)26(32)30-16-14-29(15-17-30)23-12-10-22(11-13-23)28-25(31)18-20-6-8-21(27)9-7-20/h2-13H,14-18H2,1H3,(H,28,31). The van der Waals surface area contributed by atoms with Crippen molar-refractivity contribution in [1.29, 1.82) is 0 Å². The molecule has 0 unspecified atom stereocenters. The number of hydrogen-bond donors (Lipinski definition) is 1. The van der Waals surface area contributed by atoms with Gasteiger partial charge in [0.05, 0.1) is 6.42 Å². The van der Waals surface area contributed by atoms with Crippen LogP contribution in [0.1, 0.15) is 21.5 Å². The average molecular weight is 448 g/mol. The van der Waals surface area contributed by atoms with Crippen molar-refractivity contribution >= 4 is 34.8 Å². The molecule has 1 aliphatic heterocycles. The summed E-state index contributed by atoms with van der Waals surface area (Å²) in [6.07, 6.45) is 0.301. The maximum absolute atomic E-state index is 12.8. The van der Waals surface area contributed by atoms with E-state index in [1.807, 2.05) is 72.5 Å². The van der Waals surface area contributed by atoms with E-state index < -0.39 is 0 Å². The fourth-order valence-electron chi connectivity index (χ4n) is 3.90. The van der Waals surface area contributed by atoms with Crippen molar-refractivity contribution in [2.75, 3.05) is 36.4 Å². The smallest absolute Gasteiger partial charge is 0.254 e. The van der Waals surface area contributed by atoms with Crippen LogP contribution >= 0.6 is 11.6 Å². The lowest BCUT2D eigenvalue weighted by Crippen LogP contribution is -2.48. The van der Waals surface area contributed by atoms with Gasteiger partial charge in [0.15, 0.2) is 0 Å². The number of nitrogens with one attached hydrogen (secondary N) is 1. The molecule has 0 aromatic heterocycles. The molecule has 3 aromatic carbocycles. The first-order valence-corrected chi connectivity index (χ1v) is 11.1. The van der Waals surface area contributed by atoms with E-state index in [0.29, 0.717) is 24.5 Å². The highest BCUT2D eigenvalue weighted by Crippen LogP contribution is 2.21. The zero-order valence-electron chi connectivity index (χ0n) is 18.1. The van der Waals surface area contributed by atoms with Crippen molar-refractivity contribution < 1.29 is 9.59 Å². The molecular formula is C26H26ClN3O2. The topological polar surface area (TPSA) is 52.7 Å². The van der Waals surface area contributed by atoms with Crippen molar-refractivity contribution in [2.45, 2.75) is 13.3 Å². The maximum Gasteiger partial charge on any atom is 0.254 e. The van der Waals surface area contributed by atoms with E-state index in [1.165, 1.54) is 0 Å². The lowest BCUT2D eigenvalue weighted by atomic mass is 10.1. The van der Waals surface area contributed by atoms with Gasteiger partial charge < -0.3 is 15.1 Å². The van der Waals surface area contributed by atoms with E-state index >= 15 is 0 Å². The van der Waals surface area contributed by atoms with E-state index in [0.717, 1.165) is 41.2 Å². The molecule has 1 heterocycles. The van der Waals surface area contributed by atoms with E-state index in [1.54, 1.807) is 12.1 Å². The number of piperazine rings is 1. The molecule has 2 amide bonds. The molecule has 6 heteroatoms. The van der Waals surface area contributed by atoms with Gasteiger partial charge in [-0.25, -0.2) is 0 Å². The van der Waals surface area contributed by atoms with Crippen LogP contribution in [0, 0.1) is 6.92 Å². The molecule has 1 fully saturated rings. The van der Waals surface area contributed by atoms with Crippen molar-refractivity contribution in [1.82, 2.24) is 4.90 Å². The highest BCUT2D eigenvalue weighted by molar-refractivity contribution is 6.30. The summed E-state index contributed by atoms with van der Waals surface area (Å²) < 4.78 is 0. The number of aryl methyl sites for hydroxylation is 1. The molecule has 1 N–H and O–H groups in total. The molecule has 0 saturated carbocycles. The van der Waals surface area contributed by atoms with Crippen LogP contribution in [-0.2, 0) is 11.2 Å². The first-order valence-electron chi connectivity index (χ1n) is 10.7. The molecule has 5 nitrogen and oxygen atoms in total. The minimum atomic E-state index is -0.0663. The third kappa shape index (κ3) is 5.29. The van der Waals surface area contributed by atoms with Crippen LogP contribution in [0.2, 0.25) is 5.02 Å². The Bertz CT molecular complexity index is 1090. The zero-order chi connectivity index (χ0) is 22.5. The minimum Gasteiger partial charge on any atom is -0.368 e. The lowest BCUT2D eigenvalue weighted by molar-refractivity contribution is -0.115. The van der Waals surface area contributed by atoms with Gasteiger partial charge in [0.2, 0.25) is 5.91 Å². The van der Waals surface area contributed by atoms with Crippen LogP contribution in [-0.4, -0.2) is 42.9 Å². The number of nitrogens with zero attached hydrogens (tertiary/aromatic N) is 2.